The van der Waals surface area contributed by atoms with Crippen LogP contribution in [0.2, 0.25) is 0 Å². The third-order valence-electron chi connectivity index (χ3n) is 4.73. The summed E-state index contributed by atoms with van der Waals surface area (Å²) >= 11 is 0. The maximum atomic E-state index is 12.1. The lowest BCUT2D eigenvalue weighted by atomic mass is 10.0. The number of ether oxygens (including phenoxy) is 2. The molecule has 0 fully saturated rings. The Morgan fingerprint density at radius 3 is 2.59 bits per heavy atom. The quantitative estimate of drug-likeness (QED) is 0.578. The molecule has 1 amide bonds. The van der Waals surface area contributed by atoms with Crippen LogP contribution in [0, 0.1) is 19.8 Å². The highest BCUT2D eigenvalue weighted by molar-refractivity contribution is 5.92. The molecule has 1 atom stereocenters. The molecule has 0 aliphatic carbocycles. The highest BCUT2D eigenvalue weighted by Gasteiger charge is 2.12. The summed E-state index contributed by atoms with van der Waals surface area (Å²) in [5, 5.41) is 6.93. The second-order valence-electron chi connectivity index (χ2n) is 7.72. The Morgan fingerprint density at radius 1 is 1.21 bits per heavy atom. The van der Waals surface area contributed by atoms with Crippen LogP contribution in [0.3, 0.4) is 0 Å². The third-order valence-corrected chi connectivity index (χ3v) is 4.73. The molecule has 1 heterocycles. The van der Waals surface area contributed by atoms with Gasteiger partial charge in [0, 0.05) is 12.1 Å². The lowest BCUT2D eigenvalue weighted by Gasteiger charge is -2.13. The first-order chi connectivity index (χ1) is 13.8. The van der Waals surface area contributed by atoms with Crippen molar-refractivity contribution < 1.29 is 18.8 Å². The fourth-order valence-electron chi connectivity index (χ4n) is 2.88. The normalized spacial score (nSPS) is 12.4. The number of carbonyl (C=O) groups is 1. The third kappa shape index (κ3) is 6.97. The highest BCUT2D eigenvalue weighted by Crippen LogP contribution is 2.30. The number of amides is 1. The van der Waals surface area contributed by atoms with E-state index in [9.17, 15) is 4.79 Å². The van der Waals surface area contributed by atoms with Crippen LogP contribution in [-0.2, 0) is 11.4 Å². The fraction of sp³-hybridized carbons (Fsp3) is 0.478. The summed E-state index contributed by atoms with van der Waals surface area (Å²) in [5.74, 6) is 2.50. The van der Waals surface area contributed by atoms with E-state index in [2.05, 4.69) is 24.3 Å². The molecule has 0 bridgehead atoms. The van der Waals surface area contributed by atoms with Crippen LogP contribution in [0.25, 0.3) is 6.08 Å². The SMILES string of the molecule is COc1cc(/C=C/C(=O)NC(C)CCC(C)C)ccc1OCc1c(C)noc1C. The number of hydrogen-bond acceptors (Lipinski definition) is 5. The van der Waals surface area contributed by atoms with Crippen LogP contribution in [0.1, 0.15) is 56.2 Å². The van der Waals surface area contributed by atoms with Gasteiger partial charge in [0.05, 0.1) is 18.4 Å². The number of nitrogens with one attached hydrogen (secondary N) is 1. The van der Waals surface area contributed by atoms with Crippen LogP contribution in [0.15, 0.2) is 28.8 Å². The summed E-state index contributed by atoms with van der Waals surface area (Å²) in [7, 11) is 1.59. The van der Waals surface area contributed by atoms with Crippen molar-refractivity contribution in [3.8, 4) is 11.5 Å². The molecule has 1 aromatic carbocycles. The molecular weight excluding hydrogens is 368 g/mol. The Bertz CT molecular complexity index is 820. The molecule has 6 nitrogen and oxygen atoms in total. The topological polar surface area (TPSA) is 73.6 Å². The van der Waals surface area contributed by atoms with E-state index in [0.29, 0.717) is 24.0 Å². The van der Waals surface area contributed by atoms with E-state index < -0.39 is 0 Å². The smallest absolute Gasteiger partial charge is 0.244 e. The number of aryl methyl sites for hydroxylation is 2. The predicted octanol–water partition coefficient (Wildman–Crippen LogP) is 4.83. The summed E-state index contributed by atoms with van der Waals surface area (Å²) in [4.78, 5) is 12.1. The molecule has 1 N–H and O–H groups in total. The summed E-state index contributed by atoms with van der Waals surface area (Å²) in [6.07, 6.45) is 5.39. The Balaban J connectivity index is 1.97. The van der Waals surface area contributed by atoms with E-state index in [1.807, 2.05) is 39.0 Å². The van der Waals surface area contributed by atoms with Crippen LogP contribution < -0.4 is 14.8 Å². The minimum absolute atomic E-state index is 0.0982. The fourth-order valence-corrected chi connectivity index (χ4v) is 2.88. The van der Waals surface area contributed by atoms with Gasteiger partial charge >= 0.3 is 0 Å². The first kappa shape index (κ1) is 22.5. The minimum Gasteiger partial charge on any atom is -0.493 e. The van der Waals surface area contributed by atoms with Gasteiger partial charge in [0.1, 0.15) is 12.4 Å². The van der Waals surface area contributed by atoms with E-state index in [1.54, 1.807) is 19.3 Å². The van der Waals surface area contributed by atoms with Crippen molar-refractivity contribution >= 4 is 12.0 Å². The van der Waals surface area contributed by atoms with Crippen molar-refractivity contribution in [2.24, 2.45) is 5.92 Å². The standard InChI is InChI=1S/C23H32N2O4/c1-15(2)7-8-16(3)24-23(26)12-10-19-9-11-21(22(13-19)27-6)28-14-20-17(4)25-29-18(20)5/h9-13,15-16H,7-8,14H2,1-6H3,(H,24,26)/b12-10+. The van der Waals surface area contributed by atoms with Crippen LogP contribution in [0.4, 0.5) is 0 Å². The Hall–Kier alpha value is -2.76. The number of rotatable bonds is 10. The summed E-state index contributed by atoms with van der Waals surface area (Å²) in [6.45, 7) is 10.5. The van der Waals surface area contributed by atoms with Gasteiger partial charge in [-0.05, 0) is 63.3 Å². The monoisotopic (exact) mass is 400 g/mol. The molecule has 29 heavy (non-hydrogen) atoms. The van der Waals surface area contributed by atoms with Gasteiger partial charge in [-0.3, -0.25) is 4.79 Å². The summed E-state index contributed by atoms with van der Waals surface area (Å²) in [6, 6.07) is 5.72. The Kier molecular flexibility index (Phi) is 8.31. The number of hydrogen-bond donors (Lipinski definition) is 1. The van der Waals surface area contributed by atoms with Crippen molar-refractivity contribution in [3.05, 3.63) is 46.9 Å². The molecule has 0 saturated heterocycles. The first-order valence-electron chi connectivity index (χ1n) is 10.0. The van der Waals surface area contributed by atoms with E-state index in [4.69, 9.17) is 14.0 Å². The van der Waals surface area contributed by atoms with Gasteiger partial charge < -0.3 is 19.3 Å². The zero-order chi connectivity index (χ0) is 21.4. The summed E-state index contributed by atoms with van der Waals surface area (Å²) in [5.41, 5.74) is 2.60. The van der Waals surface area contributed by atoms with E-state index >= 15 is 0 Å². The van der Waals surface area contributed by atoms with Crippen molar-refractivity contribution in [1.82, 2.24) is 10.5 Å². The molecule has 1 unspecified atom stereocenters. The lowest BCUT2D eigenvalue weighted by Crippen LogP contribution is -2.31. The van der Waals surface area contributed by atoms with Gasteiger partial charge in [-0.25, -0.2) is 0 Å². The lowest BCUT2D eigenvalue weighted by molar-refractivity contribution is -0.117. The largest absolute Gasteiger partial charge is 0.493 e. The molecule has 1 aromatic heterocycles. The molecule has 6 heteroatoms. The van der Waals surface area contributed by atoms with E-state index in [1.165, 1.54) is 0 Å². The molecule has 0 aliphatic rings. The second kappa shape index (κ2) is 10.7. The van der Waals surface area contributed by atoms with Gasteiger partial charge in [0.25, 0.3) is 0 Å². The molecule has 2 aromatic rings. The average Bonchev–Trinajstić information content (AvgIpc) is 3.01. The van der Waals surface area contributed by atoms with Crippen molar-refractivity contribution in [2.45, 2.75) is 60.1 Å². The Labute approximate surface area is 173 Å². The van der Waals surface area contributed by atoms with Crippen LogP contribution in [-0.4, -0.2) is 24.2 Å². The Morgan fingerprint density at radius 2 is 1.97 bits per heavy atom. The van der Waals surface area contributed by atoms with Crippen molar-refractivity contribution in [1.29, 1.82) is 0 Å². The average molecular weight is 401 g/mol. The number of carbonyl (C=O) groups excluding carboxylic acids is 1. The molecule has 0 saturated carbocycles. The van der Waals surface area contributed by atoms with E-state index in [0.717, 1.165) is 35.4 Å². The van der Waals surface area contributed by atoms with Gasteiger partial charge in [0.2, 0.25) is 5.91 Å². The number of methoxy groups -OCH3 is 1. The molecule has 0 aliphatic heterocycles. The first-order valence-corrected chi connectivity index (χ1v) is 10.0. The summed E-state index contributed by atoms with van der Waals surface area (Å²) < 4.78 is 16.5. The van der Waals surface area contributed by atoms with E-state index in [-0.39, 0.29) is 11.9 Å². The highest BCUT2D eigenvalue weighted by atomic mass is 16.5. The van der Waals surface area contributed by atoms with Gasteiger partial charge in [0.15, 0.2) is 11.5 Å². The number of aromatic nitrogens is 1. The maximum absolute atomic E-state index is 12.1. The van der Waals surface area contributed by atoms with Crippen molar-refractivity contribution in [2.75, 3.05) is 7.11 Å². The molecule has 0 radical (unpaired) electrons. The van der Waals surface area contributed by atoms with Gasteiger partial charge in [-0.15, -0.1) is 0 Å². The minimum atomic E-state index is -0.0982. The zero-order valence-electron chi connectivity index (χ0n) is 18.2. The number of nitrogens with zero attached hydrogens (tertiary/aromatic N) is 1. The van der Waals surface area contributed by atoms with Crippen LogP contribution in [0.5, 0.6) is 11.5 Å². The second-order valence-corrected chi connectivity index (χ2v) is 7.72. The number of benzene rings is 1. The zero-order valence-corrected chi connectivity index (χ0v) is 18.2. The molecule has 158 valence electrons. The van der Waals surface area contributed by atoms with Crippen LogP contribution >= 0.6 is 0 Å². The maximum Gasteiger partial charge on any atom is 0.244 e. The molecule has 0 spiro atoms. The van der Waals surface area contributed by atoms with Crippen molar-refractivity contribution in [3.63, 3.8) is 0 Å². The predicted molar refractivity (Wildman–Crippen MR) is 114 cm³/mol. The molecule has 2 rings (SSSR count). The van der Waals surface area contributed by atoms with Gasteiger partial charge in [-0.2, -0.15) is 0 Å². The molecular formula is C23H32N2O4. The van der Waals surface area contributed by atoms with Gasteiger partial charge in [-0.1, -0.05) is 25.1 Å².